The summed E-state index contributed by atoms with van der Waals surface area (Å²) in [6.45, 7) is 2.51. The van der Waals surface area contributed by atoms with Gasteiger partial charge >= 0.3 is 0 Å². The Balaban J connectivity index is 1.50. The molecule has 1 aromatic heterocycles. The van der Waals surface area contributed by atoms with E-state index in [4.69, 9.17) is 9.15 Å². The van der Waals surface area contributed by atoms with Gasteiger partial charge in [-0.3, -0.25) is 0 Å². The number of rotatable bonds is 6. The number of fused-ring (bicyclic) bond motifs is 1. The highest BCUT2D eigenvalue weighted by Gasteiger charge is 2.12. The number of hydrogen-bond acceptors (Lipinski definition) is 3. The summed E-state index contributed by atoms with van der Waals surface area (Å²) in [7, 11) is 0. The van der Waals surface area contributed by atoms with Crippen LogP contribution in [0.25, 0.3) is 22.2 Å². The van der Waals surface area contributed by atoms with Crippen LogP contribution in [0.5, 0.6) is 5.75 Å². The van der Waals surface area contributed by atoms with E-state index in [0.717, 1.165) is 33.5 Å². The number of nitrogens with zero attached hydrogens (tertiary/aromatic N) is 1. The molecule has 0 saturated heterocycles. The van der Waals surface area contributed by atoms with Gasteiger partial charge in [-0.25, -0.2) is 4.98 Å². The number of aryl methyl sites for hydroxylation is 1. The Morgan fingerprint density at radius 2 is 1.67 bits per heavy atom. The lowest BCUT2D eigenvalue weighted by Crippen LogP contribution is -2.03. The molecule has 27 heavy (non-hydrogen) atoms. The summed E-state index contributed by atoms with van der Waals surface area (Å²) in [6.07, 6.45) is 0.705. The molecule has 3 aromatic carbocycles. The molecule has 0 amide bonds. The Morgan fingerprint density at radius 1 is 0.926 bits per heavy atom. The average Bonchev–Trinajstić information content (AvgIpc) is 3.09. The highest BCUT2D eigenvalue weighted by Crippen LogP contribution is 2.30. The van der Waals surface area contributed by atoms with E-state index in [0.29, 0.717) is 18.9 Å². The van der Waals surface area contributed by atoms with Gasteiger partial charge in [-0.05, 0) is 36.1 Å². The van der Waals surface area contributed by atoms with E-state index in [2.05, 4.69) is 45.2 Å². The highest BCUT2D eigenvalue weighted by molar-refractivity contribution is 9.08. The normalized spacial score (nSPS) is 11.0. The quantitative estimate of drug-likeness (QED) is 0.341. The van der Waals surface area contributed by atoms with E-state index < -0.39 is 0 Å². The third kappa shape index (κ3) is 3.76. The monoisotopic (exact) mass is 421 g/mol. The molecule has 0 saturated carbocycles. The molecule has 0 bridgehead atoms. The van der Waals surface area contributed by atoms with E-state index in [1.54, 1.807) is 0 Å². The third-order valence-corrected chi connectivity index (χ3v) is 5.23. The van der Waals surface area contributed by atoms with Crippen LogP contribution in [-0.4, -0.2) is 11.6 Å². The summed E-state index contributed by atoms with van der Waals surface area (Å²) >= 11 is 3.56. The number of oxazole rings is 1. The minimum atomic E-state index is 0.555. The zero-order chi connectivity index (χ0) is 18.6. The molecule has 0 aliphatic carbocycles. The molecule has 3 nitrogen and oxygen atoms in total. The van der Waals surface area contributed by atoms with Gasteiger partial charge in [0, 0.05) is 22.7 Å². The first kappa shape index (κ1) is 17.8. The van der Waals surface area contributed by atoms with Crippen LogP contribution in [0.3, 0.4) is 0 Å². The van der Waals surface area contributed by atoms with Gasteiger partial charge in [-0.15, -0.1) is 0 Å². The molecule has 1 heterocycles. The first-order valence-electron chi connectivity index (χ1n) is 8.97. The van der Waals surface area contributed by atoms with Gasteiger partial charge in [0.2, 0.25) is 5.89 Å². The summed E-state index contributed by atoms with van der Waals surface area (Å²) in [4.78, 5) is 4.65. The second-order valence-corrected chi connectivity index (χ2v) is 6.95. The molecule has 0 atom stereocenters. The molecular formula is C23H20BrNO2. The van der Waals surface area contributed by atoms with Crippen molar-refractivity contribution in [3.05, 3.63) is 83.7 Å². The van der Waals surface area contributed by atoms with E-state index in [1.165, 1.54) is 10.9 Å². The fourth-order valence-electron chi connectivity index (χ4n) is 3.20. The molecule has 4 heteroatoms. The standard InChI is InChI=1S/C23H20BrNO2/c1-16-21(25-23(27-16)17-7-3-2-4-8-17)13-14-26-22-12-11-18(15-24)19-9-5-6-10-20(19)22/h2-12H,13-15H2,1H3. The van der Waals surface area contributed by atoms with Crippen LogP contribution >= 0.6 is 15.9 Å². The summed E-state index contributed by atoms with van der Waals surface area (Å²) in [5.74, 6) is 2.41. The minimum absolute atomic E-state index is 0.555. The van der Waals surface area contributed by atoms with Crippen LogP contribution in [0, 0.1) is 6.92 Å². The third-order valence-electron chi connectivity index (χ3n) is 4.63. The average molecular weight is 422 g/mol. The molecule has 0 radical (unpaired) electrons. The van der Waals surface area contributed by atoms with Crippen molar-refractivity contribution in [3.8, 4) is 17.2 Å². The summed E-state index contributed by atoms with van der Waals surface area (Å²) in [5.41, 5.74) is 3.19. The Bertz CT molecular complexity index is 1060. The van der Waals surface area contributed by atoms with Gasteiger partial charge in [0.1, 0.15) is 11.5 Å². The lowest BCUT2D eigenvalue weighted by atomic mass is 10.0. The molecule has 0 unspecified atom stereocenters. The maximum atomic E-state index is 6.10. The predicted octanol–water partition coefficient (Wildman–Crippen LogP) is 6.32. The van der Waals surface area contributed by atoms with Crippen molar-refractivity contribution in [2.45, 2.75) is 18.7 Å². The van der Waals surface area contributed by atoms with Crippen molar-refractivity contribution < 1.29 is 9.15 Å². The fraction of sp³-hybridized carbons (Fsp3) is 0.174. The first-order valence-corrected chi connectivity index (χ1v) is 10.1. The van der Waals surface area contributed by atoms with E-state index >= 15 is 0 Å². The number of alkyl halides is 1. The molecule has 0 aliphatic heterocycles. The minimum Gasteiger partial charge on any atom is -0.493 e. The Kier molecular flexibility index (Phi) is 5.26. The number of halogens is 1. The van der Waals surface area contributed by atoms with Crippen LogP contribution in [0.15, 0.2) is 71.1 Å². The Hall–Kier alpha value is -2.59. The molecule has 0 aliphatic rings. The van der Waals surface area contributed by atoms with Crippen molar-refractivity contribution in [1.82, 2.24) is 4.98 Å². The highest BCUT2D eigenvalue weighted by atomic mass is 79.9. The van der Waals surface area contributed by atoms with Gasteiger partial charge in [-0.2, -0.15) is 0 Å². The SMILES string of the molecule is Cc1oc(-c2ccccc2)nc1CCOc1ccc(CBr)c2ccccc12. The van der Waals surface area contributed by atoms with Crippen molar-refractivity contribution in [2.24, 2.45) is 0 Å². The fourth-order valence-corrected chi connectivity index (χ4v) is 3.69. The van der Waals surface area contributed by atoms with Gasteiger partial charge in [0.25, 0.3) is 0 Å². The Labute approximate surface area is 167 Å². The summed E-state index contributed by atoms with van der Waals surface area (Å²) < 4.78 is 11.9. The van der Waals surface area contributed by atoms with E-state index in [9.17, 15) is 0 Å². The van der Waals surface area contributed by atoms with Gasteiger partial charge in [0.05, 0.1) is 12.3 Å². The van der Waals surface area contributed by atoms with Gasteiger partial charge in [0.15, 0.2) is 0 Å². The molecule has 136 valence electrons. The lowest BCUT2D eigenvalue weighted by Gasteiger charge is -2.11. The second kappa shape index (κ2) is 7.97. The van der Waals surface area contributed by atoms with Crippen LogP contribution in [-0.2, 0) is 11.8 Å². The molecule has 0 spiro atoms. The van der Waals surface area contributed by atoms with Crippen molar-refractivity contribution in [3.63, 3.8) is 0 Å². The molecule has 0 fully saturated rings. The Morgan fingerprint density at radius 3 is 2.44 bits per heavy atom. The zero-order valence-electron chi connectivity index (χ0n) is 15.1. The predicted molar refractivity (Wildman–Crippen MR) is 112 cm³/mol. The van der Waals surface area contributed by atoms with Gasteiger partial charge < -0.3 is 9.15 Å². The van der Waals surface area contributed by atoms with Crippen LogP contribution in [0.2, 0.25) is 0 Å². The van der Waals surface area contributed by atoms with Crippen LogP contribution in [0.4, 0.5) is 0 Å². The molecule has 0 N–H and O–H groups in total. The van der Waals surface area contributed by atoms with Gasteiger partial charge in [-0.1, -0.05) is 64.5 Å². The number of hydrogen-bond donors (Lipinski definition) is 0. The van der Waals surface area contributed by atoms with Crippen molar-refractivity contribution >= 4 is 26.7 Å². The number of ether oxygens (including phenoxy) is 1. The van der Waals surface area contributed by atoms with Crippen molar-refractivity contribution in [2.75, 3.05) is 6.61 Å². The lowest BCUT2D eigenvalue weighted by molar-refractivity contribution is 0.323. The van der Waals surface area contributed by atoms with E-state index in [-0.39, 0.29) is 0 Å². The van der Waals surface area contributed by atoms with Crippen LogP contribution < -0.4 is 4.74 Å². The largest absolute Gasteiger partial charge is 0.493 e. The van der Waals surface area contributed by atoms with Crippen molar-refractivity contribution in [1.29, 1.82) is 0 Å². The summed E-state index contributed by atoms with van der Waals surface area (Å²) in [5, 5.41) is 3.18. The van der Waals surface area contributed by atoms with Crippen LogP contribution in [0.1, 0.15) is 17.0 Å². The van der Waals surface area contributed by atoms with E-state index in [1.807, 2.05) is 49.4 Å². The topological polar surface area (TPSA) is 35.3 Å². The smallest absolute Gasteiger partial charge is 0.226 e. The second-order valence-electron chi connectivity index (χ2n) is 6.39. The molecule has 4 aromatic rings. The maximum absolute atomic E-state index is 6.10. The first-order chi connectivity index (χ1) is 13.3. The summed E-state index contributed by atoms with van der Waals surface area (Å²) in [6, 6.07) is 22.5. The number of aromatic nitrogens is 1. The maximum Gasteiger partial charge on any atom is 0.226 e. The number of benzene rings is 3. The molecular weight excluding hydrogens is 402 g/mol. The molecule has 4 rings (SSSR count). The zero-order valence-corrected chi connectivity index (χ0v) is 16.7.